The summed E-state index contributed by atoms with van der Waals surface area (Å²) in [5.41, 5.74) is 0.422. The molecule has 7 heteroatoms. The molecule has 1 saturated heterocycles. The first kappa shape index (κ1) is 16.4. The van der Waals surface area contributed by atoms with Crippen LogP contribution in [0, 0.1) is 13.8 Å². The van der Waals surface area contributed by atoms with Crippen LogP contribution in [-0.4, -0.2) is 38.5 Å². The van der Waals surface area contributed by atoms with E-state index in [1.165, 1.54) is 6.42 Å². The summed E-state index contributed by atoms with van der Waals surface area (Å²) in [5.74, 6) is 2.34. The normalized spacial score (nSPS) is 17.8. The summed E-state index contributed by atoms with van der Waals surface area (Å²) in [7, 11) is 0. The Hall–Kier alpha value is -2.44. The first-order valence-corrected chi connectivity index (χ1v) is 8.44. The van der Waals surface area contributed by atoms with Gasteiger partial charge in [0.25, 0.3) is 5.91 Å². The molecule has 7 nitrogen and oxygen atoms in total. The van der Waals surface area contributed by atoms with E-state index in [-0.39, 0.29) is 5.91 Å². The maximum atomic E-state index is 12.9. The van der Waals surface area contributed by atoms with Gasteiger partial charge < -0.3 is 14.7 Å². The van der Waals surface area contributed by atoms with Crippen molar-refractivity contribution in [1.82, 2.24) is 20.0 Å². The van der Waals surface area contributed by atoms with Gasteiger partial charge in [-0.1, -0.05) is 12.1 Å². The molecule has 1 N–H and O–H groups in total. The number of aromatic nitrogens is 3. The number of likely N-dealkylation sites (tertiary alicyclic amines) is 1. The molecule has 0 saturated carbocycles. The number of nitrogens with zero attached hydrogens (tertiary/aromatic N) is 4. The zero-order valence-corrected chi connectivity index (χ0v) is 14.4. The minimum Gasteiger partial charge on any atom is -0.360 e. The van der Waals surface area contributed by atoms with E-state index in [1.807, 2.05) is 11.8 Å². The third kappa shape index (κ3) is 3.55. The fourth-order valence-corrected chi connectivity index (χ4v) is 3.14. The van der Waals surface area contributed by atoms with Crippen molar-refractivity contribution < 1.29 is 9.32 Å². The van der Waals surface area contributed by atoms with Gasteiger partial charge in [0.1, 0.15) is 23.1 Å². The van der Waals surface area contributed by atoms with Crippen LogP contribution >= 0.6 is 0 Å². The van der Waals surface area contributed by atoms with Crippen molar-refractivity contribution in [3.8, 4) is 0 Å². The molecule has 3 heterocycles. The predicted molar refractivity (Wildman–Crippen MR) is 90.3 cm³/mol. The van der Waals surface area contributed by atoms with Crippen LogP contribution in [0.15, 0.2) is 16.7 Å². The lowest BCUT2D eigenvalue weighted by Crippen LogP contribution is -2.43. The number of carbonyl (C=O) groups is 1. The van der Waals surface area contributed by atoms with Crippen LogP contribution in [0.5, 0.6) is 0 Å². The molecule has 0 aromatic carbocycles. The average molecular weight is 329 g/mol. The first-order valence-electron chi connectivity index (χ1n) is 8.44. The fraction of sp³-hybridized carbons (Fsp3) is 0.529. The van der Waals surface area contributed by atoms with Crippen LogP contribution in [-0.2, 0) is 0 Å². The summed E-state index contributed by atoms with van der Waals surface area (Å²) < 4.78 is 5.04. The molecule has 128 valence electrons. The molecule has 1 amide bonds. The molecule has 1 fully saturated rings. The van der Waals surface area contributed by atoms with Gasteiger partial charge in [-0.3, -0.25) is 4.79 Å². The molecular weight excluding hydrogens is 306 g/mol. The monoisotopic (exact) mass is 329 g/mol. The molecular formula is C17H23N5O2. The van der Waals surface area contributed by atoms with E-state index in [0.717, 1.165) is 25.8 Å². The summed E-state index contributed by atoms with van der Waals surface area (Å²) >= 11 is 0. The third-order valence-electron chi connectivity index (χ3n) is 4.30. The maximum Gasteiger partial charge on any atom is 0.272 e. The number of aryl methyl sites for hydroxylation is 2. The molecule has 2 aromatic rings. The van der Waals surface area contributed by atoms with Crippen molar-refractivity contribution >= 4 is 17.5 Å². The van der Waals surface area contributed by atoms with Crippen molar-refractivity contribution in [2.75, 3.05) is 11.9 Å². The van der Waals surface area contributed by atoms with Crippen molar-refractivity contribution in [3.05, 3.63) is 29.4 Å². The Morgan fingerprint density at radius 3 is 2.83 bits per heavy atom. The van der Waals surface area contributed by atoms with Gasteiger partial charge in [0.2, 0.25) is 0 Å². The smallest absolute Gasteiger partial charge is 0.272 e. The van der Waals surface area contributed by atoms with Crippen LogP contribution in [0.3, 0.4) is 0 Å². The first-order chi connectivity index (χ1) is 11.6. The topological polar surface area (TPSA) is 84.2 Å². The van der Waals surface area contributed by atoms with Gasteiger partial charge >= 0.3 is 0 Å². The third-order valence-corrected chi connectivity index (χ3v) is 4.30. The van der Waals surface area contributed by atoms with Crippen LogP contribution in [0.25, 0.3) is 0 Å². The predicted octanol–water partition coefficient (Wildman–Crippen LogP) is 3.23. The standard InChI is InChI=1S/C17H23N5O2/c1-4-13-7-5-6-8-22(13)17(23)14-10-15(19-12(3)18-14)20-16-9-11(2)24-21-16/h9-10,13H,4-8H2,1-3H3,(H,18,19,20,21). The summed E-state index contributed by atoms with van der Waals surface area (Å²) in [6.07, 6.45) is 4.27. The number of rotatable bonds is 4. The Morgan fingerprint density at radius 2 is 2.12 bits per heavy atom. The zero-order chi connectivity index (χ0) is 17.1. The maximum absolute atomic E-state index is 12.9. The van der Waals surface area contributed by atoms with E-state index in [4.69, 9.17) is 4.52 Å². The highest BCUT2D eigenvalue weighted by Crippen LogP contribution is 2.22. The fourth-order valence-electron chi connectivity index (χ4n) is 3.14. The number of carbonyl (C=O) groups excluding carboxylic acids is 1. The lowest BCUT2D eigenvalue weighted by molar-refractivity contribution is 0.0601. The van der Waals surface area contributed by atoms with Gasteiger partial charge in [0.05, 0.1) is 0 Å². The Kier molecular flexibility index (Phi) is 4.78. The van der Waals surface area contributed by atoms with Crippen LogP contribution in [0.1, 0.15) is 54.7 Å². The SMILES string of the molecule is CCC1CCCCN1C(=O)c1cc(Nc2cc(C)on2)nc(C)n1. The summed E-state index contributed by atoms with van der Waals surface area (Å²) in [4.78, 5) is 23.5. The number of piperidine rings is 1. The highest BCUT2D eigenvalue weighted by molar-refractivity contribution is 5.93. The van der Waals surface area contributed by atoms with E-state index in [2.05, 4.69) is 27.4 Å². The average Bonchev–Trinajstić information content (AvgIpc) is 2.98. The van der Waals surface area contributed by atoms with Crippen molar-refractivity contribution in [2.45, 2.75) is 52.5 Å². The number of hydrogen-bond donors (Lipinski definition) is 1. The van der Waals surface area contributed by atoms with Crippen molar-refractivity contribution in [3.63, 3.8) is 0 Å². The Balaban J connectivity index is 1.83. The summed E-state index contributed by atoms with van der Waals surface area (Å²) in [5, 5.41) is 6.95. The largest absolute Gasteiger partial charge is 0.360 e. The second-order valence-electron chi connectivity index (χ2n) is 6.19. The summed E-state index contributed by atoms with van der Waals surface area (Å²) in [6, 6.07) is 3.76. The van der Waals surface area contributed by atoms with Crippen LogP contribution in [0.4, 0.5) is 11.6 Å². The van der Waals surface area contributed by atoms with E-state index >= 15 is 0 Å². The molecule has 0 radical (unpaired) electrons. The molecule has 1 atom stereocenters. The van der Waals surface area contributed by atoms with Gasteiger partial charge in [-0.15, -0.1) is 0 Å². The number of amides is 1. The minimum absolute atomic E-state index is 0.0218. The molecule has 24 heavy (non-hydrogen) atoms. The van der Waals surface area contributed by atoms with Crippen molar-refractivity contribution in [2.24, 2.45) is 0 Å². The van der Waals surface area contributed by atoms with E-state index < -0.39 is 0 Å². The van der Waals surface area contributed by atoms with Gasteiger partial charge in [0.15, 0.2) is 5.82 Å². The molecule has 0 spiro atoms. The lowest BCUT2D eigenvalue weighted by atomic mass is 9.99. The number of hydrogen-bond acceptors (Lipinski definition) is 6. The quantitative estimate of drug-likeness (QED) is 0.927. The molecule has 0 aliphatic carbocycles. The Bertz CT molecular complexity index is 728. The molecule has 3 rings (SSSR count). The van der Waals surface area contributed by atoms with Gasteiger partial charge in [-0.2, -0.15) is 0 Å². The van der Waals surface area contributed by atoms with E-state index in [1.54, 1.807) is 19.1 Å². The Labute approximate surface area is 141 Å². The van der Waals surface area contributed by atoms with Gasteiger partial charge in [-0.25, -0.2) is 9.97 Å². The molecule has 1 aliphatic heterocycles. The minimum atomic E-state index is -0.0218. The molecule has 1 aliphatic rings. The molecule has 1 unspecified atom stereocenters. The van der Waals surface area contributed by atoms with E-state index in [9.17, 15) is 4.79 Å². The number of anilines is 2. The second kappa shape index (κ2) is 6.98. The molecule has 2 aromatic heterocycles. The Morgan fingerprint density at radius 1 is 1.29 bits per heavy atom. The highest BCUT2D eigenvalue weighted by atomic mass is 16.5. The lowest BCUT2D eigenvalue weighted by Gasteiger charge is -2.35. The van der Waals surface area contributed by atoms with Crippen molar-refractivity contribution in [1.29, 1.82) is 0 Å². The van der Waals surface area contributed by atoms with Gasteiger partial charge in [-0.05, 0) is 39.5 Å². The highest BCUT2D eigenvalue weighted by Gasteiger charge is 2.27. The van der Waals surface area contributed by atoms with Crippen LogP contribution < -0.4 is 5.32 Å². The van der Waals surface area contributed by atoms with Crippen LogP contribution in [0.2, 0.25) is 0 Å². The van der Waals surface area contributed by atoms with Gasteiger partial charge in [0, 0.05) is 24.7 Å². The zero-order valence-electron chi connectivity index (χ0n) is 14.4. The van der Waals surface area contributed by atoms with E-state index in [0.29, 0.717) is 35.0 Å². The second-order valence-corrected chi connectivity index (χ2v) is 6.19. The summed E-state index contributed by atoms with van der Waals surface area (Å²) in [6.45, 7) is 6.52. The molecule has 0 bridgehead atoms. The number of nitrogens with one attached hydrogen (secondary N) is 1.